The highest BCUT2D eigenvalue weighted by atomic mass is 35.5. The third kappa shape index (κ3) is 5.77. The number of benzene rings is 2. The third-order valence-corrected chi connectivity index (χ3v) is 3.63. The Morgan fingerprint density at radius 2 is 1.60 bits per heavy atom. The van der Waals surface area contributed by atoms with E-state index in [0.717, 1.165) is 16.4 Å². The first kappa shape index (κ1) is 18.8. The van der Waals surface area contributed by atoms with Crippen molar-refractivity contribution in [1.29, 1.82) is 0 Å². The summed E-state index contributed by atoms with van der Waals surface area (Å²) in [6, 6.07) is 17.9. The highest BCUT2D eigenvalue weighted by Gasteiger charge is 1.97. The van der Waals surface area contributed by atoms with Crippen LogP contribution >= 0.6 is 24.2 Å². The Morgan fingerprint density at radius 1 is 1.04 bits per heavy atom. The van der Waals surface area contributed by atoms with Gasteiger partial charge >= 0.3 is 5.56 Å². The van der Waals surface area contributed by atoms with Gasteiger partial charge in [0.2, 0.25) is 0 Å². The maximum Gasteiger partial charge on any atom is 0.306 e. The fraction of sp³-hybridized carbons (Fsp3) is 0.0556. The highest BCUT2D eigenvalue weighted by Crippen LogP contribution is 2.23. The van der Waals surface area contributed by atoms with Crippen molar-refractivity contribution in [1.82, 2.24) is 4.73 Å². The van der Waals surface area contributed by atoms with Gasteiger partial charge in [-0.3, -0.25) is 4.79 Å². The van der Waals surface area contributed by atoms with Crippen LogP contribution in [-0.4, -0.2) is 17.0 Å². The number of pyridine rings is 1. The summed E-state index contributed by atoms with van der Waals surface area (Å²) >= 11 is 9.97. The lowest BCUT2D eigenvalue weighted by Crippen LogP contribution is -2.19. The van der Waals surface area contributed by atoms with Crippen molar-refractivity contribution >= 4 is 29.9 Å². The molecule has 3 rings (SSSR count). The summed E-state index contributed by atoms with van der Waals surface area (Å²) in [4.78, 5) is 11.8. The largest absolute Gasteiger partial charge is 0.457 e. The molecular weight excluding hydrogens is 360 g/mol. The zero-order valence-electron chi connectivity index (χ0n) is 13.4. The summed E-state index contributed by atoms with van der Waals surface area (Å²) in [7, 11) is 1.62. The average molecular weight is 377 g/mol. The normalized spacial score (nSPS) is 9.72. The number of ether oxygens (including phenoxy) is 1. The van der Waals surface area contributed by atoms with Crippen molar-refractivity contribution in [2.24, 2.45) is 0 Å². The highest BCUT2D eigenvalue weighted by molar-refractivity contribution is 7.80. The minimum Gasteiger partial charge on any atom is -0.457 e. The quantitative estimate of drug-likeness (QED) is 0.463. The van der Waals surface area contributed by atoms with Gasteiger partial charge in [0, 0.05) is 23.2 Å². The van der Waals surface area contributed by atoms with Crippen LogP contribution in [0.25, 0.3) is 0 Å². The van der Waals surface area contributed by atoms with E-state index in [1.165, 1.54) is 6.20 Å². The zero-order chi connectivity index (χ0) is 18.2. The number of thiol groups is 1. The molecule has 0 spiro atoms. The Kier molecular flexibility index (Phi) is 6.80. The molecule has 0 unspecified atom stereocenters. The molecule has 2 aromatic carbocycles. The molecule has 1 aromatic heterocycles. The van der Waals surface area contributed by atoms with Gasteiger partial charge in [0.15, 0.2) is 0 Å². The van der Waals surface area contributed by atoms with Crippen LogP contribution in [-0.2, 0) is 0 Å². The standard InChI is InChI=1S/C12H9ClOS.C6H8N2O2/c13-9-1-3-10(4-2-9)14-11-5-7-12(15)8-6-11;1-7-5-3-2-4-8(10)6(5)9/h1-8,15H;2-4,7,10H,1H3. The summed E-state index contributed by atoms with van der Waals surface area (Å²) in [6.07, 6.45) is 1.28. The number of nitrogens with zero attached hydrogens (tertiary/aromatic N) is 1. The van der Waals surface area contributed by atoms with Gasteiger partial charge in [-0.25, -0.2) is 0 Å². The van der Waals surface area contributed by atoms with Gasteiger partial charge in [0.1, 0.15) is 17.2 Å². The van der Waals surface area contributed by atoms with Crippen molar-refractivity contribution in [3.63, 3.8) is 0 Å². The second-order valence-corrected chi connectivity index (χ2v) is 5.82. The minimum atomic E-state index is -0.440. The minimum absolute atomic E-state index is 0.380. The zero-order valence-corrected chi connectivity index (χ0v) is 15.0. The molecule has 0 atom stereocenters. The lowest BCUT2D eigenvalue weighted by Gasteiger charge is -2.05. The van der Waals surface area contributed by atoms with Crippen LogP contribution in [0.1, 0.15) is 0 Å². The Hall–Kier alpha value is -2.57. The topological polar surface area (TPSA) is 63.5 Å². The van der Waals surface area contributed by atoms with Gasteiger partial charge in [-0.1, -0.05) is 11.6 Å². The van der Waals surface area contributed by atoms with Crippen molar-refractivity contribution in [3.8, 4) is 11.5 Å². The molecule has 7 heteroatoms. The number of hydrogen-bond acceptors (Lipinski definition) is 5. The van der Waals surface area contributed by atoms with Gasteiger partial charge in [-0.2, -0.15) is 4.73 Å². The summed E-state index contributed by atoms with van der Waals surface area (Å²) in [5.41, 5.74) is -0.0602. The molecular formula is C18H17ClN2O3S. The molecule has 25 heavy (non-hydrogen) atoms. The van der Waals surface area contributed by atoms with Crippen LogP contribution in [0.3, 0.4) is 0 Å². The third-order valence-electron chi connectivity index (χ3n) is 3.08. The SMILES string of the molecule is CNc1cccn(O)c1=O.Sc1ccc(Oc2ccc(Cl)cc2)cc1. The fourth-order valence-electron chi connectivity index (χ4n) is 1.83. The maximum atomic E-state index is 10.9. The summed E-state index contributed by atoms with van der Waals surface area (Å²) in [6.45, 7) is 0. The first-order chi connectivity index (χ1) is 12.0. The van der Waals surface area contributed by atoms with E-state index in [0.29, 0.717) is 15.4 Å². The molecule has 2 N–H and O–H groups in total. The Morgan fingerprint density at radius 3 is 2.12 bits per heavy atom. The Balaban J connectivity index is 0.000000196. The Bertz CT molecular complexity index is 821. The van der Waals surface area contributed by atoms with E-state index in [1.807, 2.05) is 36.4 Å². The molecule has 5 nitrogen and oxygen atoms in total. The molecule has 0 saturated carbocycles. The van der Waals surface area contributed by atoms with E-state index >= 15 is 0 Å². The molecule has 0 aliphatic carbocycles. The van der Waals surface area contributed by atoms with Crippen LogP contribution in [0.2, 0.25) is 5.02 Å². The molecule has 0 radical (unpaired) electrons. The fourth-order valence-corrected chi connectivity index (χ4v) is 2.10. The van der Waals surface area contributed by atoms with Crippen LogP contribution in [0, 0.1) is 0 Å². The molecule has 130 valence electrons. The molecule has 3 aromatic rings. The molecule has 0 bridgehead atoms. The Labute approximate surface area is 155 Å². The molecule has 0 saturated heterocycles. The van der Waals surface area contributed by atoms with Crippen molar-refractivity contribution in [2.45, 2.75) is 4.90 Å². The number of anilines is 1. The first-order valence-electron chi connectivity index (χ1n) is 7.30. The van der Waals surface area contributed by atoms with Crippen LogP contribution in [0.4, 0.5) is 5.69 Å². The second-order valence-electron chi connectivity index (χ2n) is 4.87. The van der Waals surface area contributed by atoms with E-state index in [1.54, 1.807) is 31.3 Å². The monoisotopic (exact) mass is 376 g/mol. The van der Waals surface area contributed by atoms with Gasteiger partial charge in [-0.05, 0) is 60.7 Å². The van der Waals surface area contributed by atoms with Gasteiger partial charge in [0.25, 0.3) is 0 Å². The van der Waals surface area contributed by atoms with Crippen molar-refractivity contribution < 1.29 is 9.94 Å². The number of halogens is 1. The second kappa shape index (κ2) is 9.05. The first-order valence-corrected chi connectivity index (χ1v) is 8.13. The van der Waals surface area contributed by atoms with E-state index in [2.05, 4.69) is 17.9 Å². The van der Waals surface area contributed by atoms with Crippen LogP contribution in [0.15, 0.2) is 76.6 Å². The van der Waals surface area contributed by atoms with E-state index in [9.17, 15) is 4.79 Å². The lowest BCUT2D eigenvalue weighted by atomic mass is 10.3. The molecule has 1 heterocycles. The number of rotatable bonds is 3. The summed E-state index contributed by atoms with van der Waals surface area (Å²) < 4.78 is 6.13. The summed E-state index contributed by atoms with van der Waals surface area (Å²) in [5, 5.41) is 12.1. The smallest absolute Gasteiger partial charge is 0.306 e. The van der Waals surface area contributed by atoms with E-state index in [4.69, 9.17) is 21.5 Å². The van der Waals surface area contributed by atoms with Crippen molar-refractivity contribution in [3.05, 3.63) is 82.2 Å². The van der Waals surface area contributed by atoms with Gasteiger partial charge in [0.05, 0.1) is 0 Å². The lowest BCUT2D eigenvalue weighted by molar-refractivity contribution is 0.175. The molecule has 0 amide bonds. The maximum absolute atomic E-state index is 10.9. The number of hydrogen-bond donors (Lipinski definition) is 3. The van der Waals surface area contributed by atoms with Gasteiger partial charge < -0.3 is 15.3 Å². The van der Waals surface area contributed by atoms with Gasteiger partial charge in [-0.15, -0.1) is 12.6 Å². The molecule has 0 aliphatic rings. The predicted octanol–water partition coefficient (Wildman–Crippen LogP) is 4.55. The molecule has 0 aliphatic heterocycles. The number of nitrogens with one attached hydrogen (secondary N) is 1. The van der Waals surface area contributed by atoms with Crippen LogP contribution < -0.4 is 15.6 Å². The number of aromatic nitrogens is 1. The van der Waals surface area contributed by atoms with Crippen LogP contribution in [0.5, 0.6) is 11.5 Å². The average Bonchev–Trinajstić information content (AvgIpc) is 2.62. The molecule has 0 fully saturated rings. The van der Waals surface area contributed by atoms with Crippen molar-refractivity contribution in [2.75, 3.05) is 12.4 Å². The van der Waals surface area contributed by atoms with E-state index in [-0.39, 0.29) is 0 Å². The summed E-state index contributed by atoms with van der Waals surface area (Å²) in [5.74, 6) is 1.56. The van der Waals surface area contributed by atoms with E-state index < -0.39 is 5.56 Å². The predicted molar refractivity (Wildman–Crippen MR) is 103 cm³/mol.